The Balaban J connectivity index is 3.21. The molecule has 52 valence electrons. The third-order valence-corrected chi connectivity index (χ3v) is 1.65. The lowest BCUT2D eigenvalue weighted by atomic mass is 10.5. The highest BCUT2D eigenvalue weighted by atomic mass is 79.9. The lowest BCUT2D eigenvalue weighted by Crippen LogP contribution is -1.90. The van der Waals surface area contributed by atoms with E-state index in [1.165, 1.54) is 6.20 Å². The fourth-order valence-electron chi connectivity index (χ4n) is 0.440. The summed E-state index contributed by atoms with van der Waals surface area (Å²) in [4.78, 5) is 17.5. The van der Waals surface area contributed by atoms with Crippen LogP contribution in [-0.2, 0) is 0 Å². The second-order valence-electron chi connectivity index (χ2n) is 1.49. The van der Waals surface area contributed by atoms with Crippen LogP contribution < -0.4 is 0 Å². The van der Waals surface area contributed by atoms with Gasteiger partial charge in [-0.15, -0.1) is 0 Å². The Hall–Kier alpha value is -0.480. The van der Waals surface area contributed by atoms with E-state index in [1.807, 2.05) is 0 Å². The average Bonchev–Trinajstić information content (AvgIpc) is 1.94. The Morgan fingerprint density at radius 2 is 2.40 bits per heavy atom. The van der Waals surface area contributed by atoms with Crippen molar-refractivity contribution in [2.45, 2.75) is 0 Å². The molecular weight excluding hydrogens is 219 g/mol. The summed E-state index contributed by atoms with van der Waals surface area (Å²) in [5, 5.41) is 0.0744. The summed E-state index contributed by atoms with van der Waals surface area (Å²) < 4.78 is 0.548. The third-order valence-electron chi connectivity index (χ3n) is 0.853. The van der Waals surface area contributed by atoms with Gasteiger partial charge in [0.2, 0.25) is 5.28 Å². The van der Waals surface area contributed by atoms with E-state index in [2.05, 4.69) is 25.9 Å². The van der Waals surface area contributed by atoms with Gasteiger partial charge in [-0.2, -0.15) is 0 Å². The number of hydrogen-bond acceptors (Lipinski definition) is 3. The predicted octanol–water partition coefficient (Wildman–Crippen LogP) is 1.71. The number of nitrogens with zero attached hydrogens (tertiary/aromatic N) is 2. The van der Waals surface area contributed by atoms with Gasteiger partial charge in [0.1, 0.15) is 5.69 Å². The molecule has 0 unspecified atom stereocenters. The molecule has 0 saturated heterocycles. The Morgan fingerprint density at radius 1 is 1.70 bits per heavy atom. The first-order valence-electron chi connectivity index (χ1n) is 2.37. The molecule has 5 heteroatoms. The molecule has 0 fully saturated rings. The van der Waals surface area contributed by atoms with Crippen molar-refractivity contribution in [1.82, 2.24) is 9.97 Å². The summed E-state index contributed by atoms with van der Waals surface area (Å²) in [5.41, 5.74) is 0.264. The monoisotopic (exact) mass is 220 g/mol. The van der Waals surface area contributed by atoms with Gasteiger partial charge in [-0.3, -0.25) is 4.79 Å². The van der Waals surface area contributed by atoms with Crippen LogP contribution in [0.5, 0.6) is 0 Å². The molecule has 0 aromatic carbocycles. The Morgan fingerprint density at radius 3 is 2.90 bits per heavy atom. The van der Waals surface area contributed by atoms with Crippen LogP contribution in [0, 0.1) is 0 Å². The lowest BCUT2D eigenvalue weighted by Gasteiger charge is -1.92. The lowest BCUT2D eigenvalue weighted by molar-refractivity contribution is 0.111. The van der Waals surface area contributed by atoms with E-state index in [1.54, 1.807) is 0 Å². The van der Waals surface area contributed by atoms with E-state index in [4.69, 9.17) is 11.6 Å². The summed E-state index contributed by atoms with van der Waals surface area (Å²) in [6.45, 7) is 0. The van der Waals surface area contributed by atoms with E-state index in [0.29, 0.717) is 10.8 Å². The second kappa shape index (κ2) is 3.07. The molecular formula is C5H2BrClN2O. The maximum absolute atomic E-state index is 10.2. The number of carbonyl (C=O) groups excluding carboxylic acids is 1. The molecule has 10 heavy (non-hydrogen) atoms. The Bertz CT molecular complexity index is 266. The zero-order chi connectivity index (χ0) is 7.56. The standard InChI is InChI=1S/C5H2BrClN2O/c6-3-1-8-5(7)9-4(3)2-10/h1-2H. The molecule has 0 radical (unpaired) electrons. The van der Waals surface area contributed by atoms with Gasteiger partial charge in [0.05, 0.1) is 4.47 Å². The number of hydrogen-bond donors (Lipinski definition) is 0. The zero-order valence-electron chi connectivity index (χ0n) is 4.71. The smallest absolute Gasteiger partial charge is 0.223 e. The van der Waals surface area contributed by atoms with Crippen LogP contribution in [0.1, 0.15) is 10.5 Å². The highest BCUT2D eigenvalue weighted by Gasteiger charge is 2.00. The van der Waals surface area contributed by atoms with Crippen LogP contribution in [0.3, 0.4) is 0 Å². The van der Waals surface area contributed by atoms with Crippen molar-refractivity contribution in [2.24, 2.45) is 0 Å². The van der Waals surface area contributed by atoms with Crippen molar-refractivity contribution < 1.29 is 4.79 Å². The minimum Gasteiger partial charge on any atom is -0.296 e. The van der Waals surface area contributed by atoms with Gasteiger partial charge in [0.15, 0.2) is 6.29 Å². The van der Waals surface area contributed by atoms with E-state index in [9.17, 15) is 4.79 Å². The van der Waals surface area contributed by atoms with Crippen LogP contribution in [0.25, 0.3) is 0 Å². The van der Waals surface area contributed by atoms with Crippen LogP contribution >= 0.6 is 27.5 Å². The van der Waals surface area contributed by atoms with Crippen LogP contribution in [0.4, 0.5) is 0 Å². The molecule has 0 spiro atoms. The van der Waals surface area contributed by atoms with E-state index in [0.717, 1.165) is 0 Å². The van der Waals surface area contributed by atoms with Crippen LogP contribution in [0.2, 0.25) is 5.28 Å². The molecule has 1 aromatic heterocycles. The molecule has 0 N–H and O–H groups in total. The predicted molar refractivity (Wildman–Crippen MR) is 40.1 cm³/mol. The molecule has 3 nitrogen and oxygen atoms in total. The van der Waals surface area contributed by atoms with Crippen LogP contribution in [-0.4, -0.2) is 16.3 Å². The molecule has 0 saturated carbocycles. The van der Waals surface area contributed by atoms with Gasteiger partial charge in [0.25, 0.3) is 0 Å². The first kappa shape index (κ1) is 7.63. The number of rotatable bonds is 1. The first-order chi connectivity index (χ1) is 4.74. The summed E-state index contributed by atoms with van der Waals surface area (Å²) >= 11 is 8.47. The van der Waals surface area contributed by atoms with E-state index in [-0.39, 0.29) is 11.0 Å². The summed E-state index contributed by atoms with van der Waals surface area (Å²) in [5.74, 6) is 0. The van der Waals surface area contributed by atoms with Gasteiger partial charge < -0.3 is 0 Å². The fraction of sp³-hybridized carbons (Fsp3) is 0. The normalized spacial score (nSPS) is 9.40. The van der Waals surface area contributed by atoms with Gasteiger partial charge in [0, 0.05) is 6.20 Å². The number of aromatic nitrogens is 2. The van der Waals surface area contributed by atoms with E-state index < -0.39 is 0 Å². The molecule has 1 aromatic rings. The van der Waals surface area contributed by atoms with Crippen molar-refractivity contribution >= 4 is 33.8 Å². The van der Waals surface area contributed by atoms with Gasteiger partial charge in [-0.05, 0) is 27.5 Å². The molecule has 0 amide bonds. The summed E-state index contributed by atoms with van der Waals surface area (Å²) in [6.07, 6.45) is 2.04. The fourth-order valence-corrected chi connectivity index (χ4v) is 0.865. The van der Waals surface area contributed by atoms with Gasteiger partial charge >= 0.3 is 0 Å². The van der Waals surface area contributed by atoms with Crippen molar-refractivity contribution in [3.8, 4) is 0 Å². The molecule has 0 aliphatic rings. The summed E-state index contributed by atoms with van der Waals surface area (Å²) in [6, 6.07) is 0. The Kier molecular flexibility index (Phi) is 2.34. The second-order valence-corrected chi connectivity index (χ2v) is 2.68. The molecule has 0 bridgehead atoms. The highest BCUT2D eigenvalue weighted by Crippen LogP contribution is 2.12. The quantitative estimate of drug-likeness (QED) is 0.535. The molecule has 1 rings (SSSR count). The van der Waals surface area contributed by atoms with Crippen molar-refractivity contribution in [2.75, 3.05) is 0 Å². The topological polar surface area (TPSA) is 42.9 Å². The number of aldehydes is 1. The SMILES string of the molecule is O=Cc1nc(Cl)ncc1Br. The Labute approximate surface area is 70.6 Å². The number of carbonyl (C=O) groups is 1. The molecule has 1 heterocycles. The van der Waals surface area contributed by atoms with Crippen molar-refractivity contribution in [3.63, 3.8) is 0 Å². The highest BCUT2D eigenvalue weighted by molar-refractivity contribution is 9.10. The minimum atomic E-state index is 0.0744. The first-order valence-corrected chi connectivity index (χ1v) is 3.54. The number of halogens is 2. The third kappa shape index (κ3) is 1.52. The van der Waals surface area contributed by atoms with Crippen LogP contribution in [0.15, 0.2) is 10.7 Å². The minimum absolute atomic E-state index is 0.0744. The molecule has 0 aliphatic heterocycles. The van der Waals surface area contributed by atoms with Crippen molar-refractivity contribution in [1.29, 1.82) is 0 Å². The molecule has 0 aliphatic carbocycles. The maximum atomic E-state index is 10.2. The van der Waals surface area contributed by atoms with Crippen molar-refractivity contribution in [3.05, 3.63) is 21.6 Å². The van der Waals surface area contributed by atoms with Gasteiger partial charge in [-0.1, -0.05) is 0 Å². The largest absolute Gasteiger partial charge is 0.296 e. The van der Waals surface area contributed by atoms with E-state index >= 15 is 0 Å². The average molecular weight is 221 g/mol. The summed E-state index contributed by atoms with van der Waals surface area (Å²) in [7, 11) is 0. The maximum Gasteiger partial charge on any atom is 0.223 e. The van der Waals surface area contributed by atoms with Gasteiger partial charge in [-0.25, -0.2) is 9.97 Å². The zero-order valence-corrected chi connectivity index (χ0v) is 7.06. The molecule has 0 atom stereocenters.